The maximum Gasteiger partial charge on any atom is 0.220 e. The predicted octanol–water partition coefficient (Wildman–Crippen LogP) is 4.30. The van der Waals surface area contributed by atoms with E-state index in [4.69, 9.17) is 20.8 Å². The van der Waals surface area contributed by atoms with E-state index >= 15 is 0 Å². The minimum absolute atomic E-state index is 0.0268. The van der Waals surface area contributed by atoms with Gasteiger partial charge in [-0.15, -0.1) is 0 Å². The number of aromatic nitrogens is 1. The lowest BCUT2D eigenvalue weighted by Gasteiger charge is -2.05. The van der Waals surface area contributed by atoms with Crippen LogP contribution in [0.2, 0.25) is 5.02 Å². The van der Waals surface area contributed by atoms with Crippen molar-refractivity contribution >= 4 is 17.5 Å². The van der Waals surface area contributed by atoms with Crippen LogP contribution in [0.5, 0.6) is 5.75 Å². The Morgan fingerprint density at radius 1 is 1.15 bits per heavy atom. The van der Waals surface area contributed by atoms with Crippen molar-refractivity contribution < 1.29 is 13.9 Å². The molecule has 0 fully saturated rings. The van der Waals surface area contributed by atoms with Gasteiger partial charge in [0.05, 0.1) is 18.3 Å². The van der Waals surface area contributed by atoms with Crippen molar-refractivity contribution in [1.82, 2.24) is 10.3 Å². The molecular formula is C21H21ClN2O3. The van der Waals surface area contributed by atoms with Gasteiger partial charge in [0.2, 0.25) is 5.91 Å². The summed E-state index contributed by atoms with van der Waals surface area (Å²) < 4.78 is 10.8. The van der Waals surface area contributed by atoms with E-state index in [1.165, 1.54) is 0 Å². The van der Waals surface area contributed by atoms with Gasteiger partial charge in [-0.1, -0.05) is 35.9 Å². The number of carbonyl (C=O) groups is 1. The van der Waals surface area contributed by atoms with Crippen molar-refractivity contribution in [2.75, 3.05) is 13.7 Å². The van der Waals surface area contributed by atoms with Crippen molar-refractivity contribution in [3.05, 3.63) is 71.2 Å². The lowest BCUT2D eigenvalue weighted by molar-refractivity contribution is -0.121. The molecule has 27 heavy (non-hydrogen) atoms. The zero-order chi connectivity index (χ0) is 19.1. The molecule has 1 N–H and O–H groups in total. The molecule has 5 nitrogen and oxygen atoms in total. The Morgan fingerprint density at radius 3 is 2.67 bits per heavy atom. The topological polar surface area (TPSA) is 64.4 Å². The summed E-state index contributed by atoms with van der Waals surface area (Å²) in [6, 6.07) is 15.2. The number of nitrogens with zero attached hydrogens (tertiary/aromatic N) is 1. The summed E-state index contributed by atoms with van der Waals surface area (Å²) in [6.45, 7) is 0.585. The van der Waals surface area contributed by atoms with E-state index in [-0.39, 0.29) is 5.91 Å². The second-order valence-electron chi connectivity index (χ2n) is 6.05. The monoisotopic (exact) mass is 384 g/mol. The van der Waals surface area contributed by atoms with Gasteiger partial charge >= 0.3 is 0 Å². The van der Waals surface area contributed by atoms with Gasteiger partial charge in [-0.3, -0.25) is 4.79 Å². The third kappa shape index (κ3) is 5.34. The standard InChI is InChI=1S/C21H21ClN2O3/c1-26-16-8-6-15(7-9-16)12-13-23-20(25)10-11-21-24-14-19(27-21)17-4-2-3-5-18(17)22/h2-9,14H,10-13H2,1H3,(H,23,25). The van der Waals surface area contributed by atoms with Gasteiger partial charge in [0, 0.05) is 24.9 Å². The zero-order valence-electron chi connectivity index (χ0n) is 15.1. The van der Waals surface area contributed by atoms with Gasteiger partial charge in [-0.05, 0) is 36.2 Å². The van der Waals surface area contributed by atoms with Gasteiger partial charge in [-0.25, -0.2) is 4.98 Å². The minimum atomic E-state index is -0.0268. The summed E-state index contributed by atoms with van der Waals surface area (Å²) in [5, 5.41) is 3.52. The highest BCUT2D eigenvalue weighted by Crippen LogP contribution is 2.28. The van der Waals surface area contributed by atoms with Crippen molar-refractivity contribution in [3.8, 4) is 17.1 Å². The van der Waals surface area contributed by atoms with Gasteiger partial charge < -0.3 is 14.5 Å². The number of ether oxygens (including phenoxy) is 1. The largest absolute Gasteiger partial charge is 0.497 e. The molecule has 0 aliphatic rings. The van der Waals surface area contributed by atoms with E-state index in [2.05, 4.69) is 10.3 Å². The molecule has 0 radical (unpaired) electrons. The number of hydrogen-bond acceptors (Lipinski definition) is 4. The van der Waals surface area contributed by atoms with Crippen molar-refractivity contribution in [2.24, 2.45) is 0 Å². The molecule has 2 aromatic carbocycles. The molecule has 1 heterocycles. The molecule has 6 heteroatoms. The third-order valence-corrected chi connectivity index (χ3v) is 4.48. The molecule has 0 atom stereocenters. The Kier molecular flexibility index (Phi) is 6.49. The van der Waals surface area contributed by atoms with Crippen LogP contribution in [0, 0.1) is 0 Å². The molecule has 0 saturated heterocycles. The number of rotatable bonds is 8. The van der Waals surface area contributed by atoms with Crippen LogP contribution < -0.4 is 10.1 Å². The molecule has 0 aliphatic carbocycles. The summed E-state index contributed by atoms with van der Waals surface area (Å²) in [5.41, 5.74) is 1.94. The van der Waals surface area contributed by atoms with Crippen LogP contribution in [0.4, 0.5) is 0 Å². The van der Waals surface area contributed by atoms with E-state index < -0.39 is 0 Å². The fourth-order valence-electron chi connectivity index (χ4n) is 2.66. The van der Waals surface area contributed by atoms with E-state index in [9.17, 15) is 4.79 Å². The first-order chi connectivity index (χ1) is 13.2. The highest BCUT2D eigenvalue weighted by atomic mass is 35.5. The molecule has 1 aromatic heterocycles. The van der Waals surface area contributed by atoms with E-state index in [0.717, 1.165) is 23.3 Å². The number of aryl methyl sites for hydroxylation is 1. The molecule has 0 saturated carbocycles. The summed E-state index contributed by atoms with van der Waals surface area (Å²) in [7, 11) is 1.64. The molecule has 0 spiro atoms. The fourth-order valence-corrected chi connectivity index (χ4v) is 2.89. The lowest BCUT2D eigenvalue weighted by atomic mass is 10.1. The number of hydrogen-bond donors (Lipinski definition) is 1. The van der Waals surface area contributed by atoms with Gasteiger partial charge in [-0.2, -0.15) is 0 Å². The maximum atomic E-state index is 12.0. The first kappa shape index (κ1) is 19.0. The summed E-state index contributed by atoms with van der Waals surface area (Å²) >= 11 is 6.16. The Labute approximate surface area is 163 Å². The first-order valence-corrected chi connectivity index (χ1v) is 9.13. The van der Waals surface area contributed by atoms with Gasteiger partial charge in [0.15, 0.2) is 11.7 Å². The summed E-state index contributed by atoms with van der Waals surface area (Å²) in [5.74, 6) is 1.93. The van der Waals surface area contributed by atoms with Crippen LogP contribution in [-0.2, 0) is 17.6 Å². The fraction of sp³-hybridized carbons (Fsp3) is 0.238. The number of halogens is 1. The zero-order valence-corrected chi connectivity index (χ0v) is 15.8. The van der Waals surface area contributed by atoms with Crippen molar-refractivity contribution in [3.63, 3.8) is 0 Å². The lowest BCUT2D eigenvalue weighted by Crippen LogP contribution is -2.25. The van der Waals surface area contributed by atoms with E-state index in [1.54, 1.807) is 19.4 Å². The molecular weight excluding hydrogens is 364 g/mol. The molecule has 0 aliphatic heterocycles. The van der Waals surface area contributed by atoms with E-state index in [0.29, 0.717) is 36.1 Å². The maximum absolute atomic E-state index is 12.0. The number of benzene rings is 2. The van der Waals surface area contributed by atoms with Crippen LogP contribution >= 0.6 is 11.6 Å². The number of amides is 1. The normalized spacial score (nSPS) is 10.6. The number of nitrogens with one attached hydrogen (secondary N) is 1. The molecule has 0 unspecified atom stereocenters. The SMILES string of the molecule is COc1ccc(CCNC(=O)CCc2ncc(-c3ccccc3Cl)o2)cc1. The predicted molar refractivity (Wildman–Crippen MR) is 105 cm³/mol. The average Bonchev–Trinajstić information content (AvgIpc) is 3.16. The molecule has 140 valence electrons. The second kappa shape index (κ2) is 9.24. The Hall–Kier alpha value is -2.79. The average molecular weight is 385 g/mol. The molecule has 0 bridgehead atoms. The van der Waals surface area contributed by atoms with Crippen molar-refractivity contribution in [2.45, 2.75) is 19.3 Å². The Morgan fingerprint density at radius 2 is 1.93 bits per heavy atom. The van der Waals surface area contributed by atoms with Crippen LogP contribution in [-0.4, -0.2) is 24.5 Å². The van der Waals surface area contributed by atoms with Crippen LogP contribution in [0.25, 0.3) is 11.3 Å². The highest BCUT2D eigenvalue weighted by Gasteiger charge is 2.11. The Balaban J connectivity index is 1.43. The summed E-state index contributed by atoms with van der Waals surface area (Å²) in [6.07, 6.45) is 3.17. The van der Waals surface area contributed by atoms with E-state index in [1.807, 2.05) is 42.5 Å². The molecule has 3 rings (SSSR count). The number of methoxy groups -OCH3 is 1. The van der Waals surface area contributed by atoms with Gasteiger partial charge in [0.25, 0.3) is 0 Å². The number of oxazole rings is 1. The van der Waals surface area contributed by atoms with Gasteiger partial charge in [0.1, 0.15) is 5.75 Å². The van der Waals surface area contributed by atoms with Crippen molar-refractivity contribution in [1.29, 1.82) is 0 Å². The molecule has 3 aromatic rings. The molecule has 1 amide bonds. The quantitative estimate of drug-likeness (QED) is 0.629. The first-order valence-electron chi connectivity index (χ1n) is 8.75. The highest BCUT2D eigenvalue weighted by molar-refractivity contribution is 6.33. The smallest absolute Gasteiger partial charge is 0.220 e. The minimum Gasteiger partial charge on any atom is -0.497 e. The third-order valence-electron chi connectivity index (χ3n) is 4.15. The van der Waals surface area contributed by atoms with Crippen LogP contribution in [0.15, 0.2) is 59.1 Å². The summed E-state index contributed by atoms with van der Waals surface area (Å²) in [4.78, 5) is 16.2. The second-order valence-corrected chi connectivity index (χ2v) is 6.45. The Bertz CT molecular complexity index is 890. The van der Waals surface area contributed by atoms with Crippen LogP contribution in [0.3, 0.4) is 0 Å². The van der Waals surface area contributed by atoms with Crippen LogP contribution in [0.1, 0.15) is 17.9 Å². The number of carbonyl (C=O) groups excluding carboxylic acids is 1.